The number of halogens is 3. The zero-order valence-corrected chi connectivity index (χ0v) is 20.1. The Hall–Kier alpha value is -1.91. The van der Waals surface area contributed by atoms with Crippen LogP contribution in [0.15, 0.2) is 66.7 Å². The van der Waals surface area contributed by atoms with Crippen LogP contribution in [-0.2, 0) is 13.2 Å². The molecule has 0 amide bonds. The summed E-state index contributed by atoms with van der Waals surface area (Å²) >= 11 is 12.5. The Balaban J connectivity index is 0.00000341. The van der Waals surface area contributed by atoms with Crippen LogP contribution < -0.4 is 14.8 Å². The number of hydrogen-bond donors (Lipinski definition) is 1. The fourth-order valence-corrected chi connectivity index (χ4v) is 3.77. The molecule has 0 aliphatic heterocycles. The predicted molar refractivity (Wildman–Crippen MR) is 132 cm³/mol. The minimum Gasteiger partial charge on any atom is -0.493 e. The third kappa shape index (κ3) is 7.33. The first-order valence-corrected chi connectivity index (χ1v) is 10.9. The molecular formula is C25H28Cl3NO2. The number of benzene rings is 3. The molecule has 0 saturated heterocycles. The maximum Gasteiger partial charge on any atom is 0.180 e. The smallest absolute Gasteiger partial charge is 0.180 e. The predicted octanol–water partition coefficient (Wildman–Crippen LogP) is 7.63. The first-order chi connectivity index (χ1) is 14.6. The van der Waals surface area contributed by atoms with Gasteiger partial charge in [-0.1, -0.05) is 79.0 Å². The van der Waals surface area contributed by atoms with Gasteiger partial charge >= 0.3 is 0 Å². The molecule has 31 heavy (non-hydrogen) atoms. The van der Waals surface area contributed by atoms with Crippen LogP contribution in [0.5, 0.6) is 11.5 Å². The van der Waals surface area contributed by atoms with Gasteiger partial charge in [-0.3, -0.25) is 0 Å². The van der Waals surface area contributed by atoms with E-state index in [-0.39, 0.29) is 12.4 Å². The Bertz CT molecular complexity index is 934. The number of hydrogen-bond acceptors (Lipinski definition) is 3. The second-order valence-corrected chi connectivity index (χ2v) is 8.00. The van der Waals surface area contributed by atoms with Gasteiger partial charge in [-0.05, 0) is 47.4 Å². The van der Waals surface area contributed by atoms with E-state index in [0.29, 0.717) is 40.7 Å². The van der Waals surface area contributed by atoms with E-state index < -0.39 is 0 Å². The van der Waals surface area contributed by atoms with Gasteiger partial charge in [0.05, 0.1) is 12.1 Å². The lowest BCUT2D eigenvalue weighted by atomic mass is 10.0. The molecule has 0 aromatic heterocycles. The van der Waals surface area contributed by atoms with Crippen LogP contribution in [0.2, 0.25) is 10.0 Å². The van der Waals surface area contributed by atoms with Crippen molar-refractivity contribution in [3.05, 3.63) is 93.5 Å². The molecule has 166 valence electrons. The molecular weight excluding hydrogens is 453 g/mol. The highest BCUT2D eigenvalue weighted by Crippen LogP contribution is 2.37. The van der Waals surface area contributed by atoms with Crippen LogP contribution in [-0.4, -0.2) is 7.11 Å². The highest BCUT2D eigenvalue weighted by molar-refractivity contribution is 6.32. The average molecular weight is 481 g/mol. The molecule has 1 N–H and O–H groups in total. The quantitative estimate of drug-likeness (QED) is 0.323. The van der Waals surface area contributed by atoms with Gasteiger partial charge in [-0.15, -0.1) is 12.4 Å². The summed E-state index contributed by atoms with van der Waals surface area (Å²) in [6.45, 7) is 3.27. The maximum absolute atomic E-state index is 6.54. The lowest BCUT2D eigenvalue weighted by molar-refractivity contribution is 0.284. The van der Waals surface area contributed by atoms with Crippen LogP contribution in [0.4, 0.5) is 0 Å². The molecule has 0 bridgehead atoms. The molecule has 0 spiro atoms. The zero-order valence-electron chi connectivity index (χ0n) is 17.7. The van der Waals surface area contributed by atoms with Gasteiger partial charge in [0, 0.05) is 17.6 Å². The van der Waals surface area contributed by atoms with E-state index in [9.17, 15) is 0 Å². The van der Waals surface area contributed by atoms with Crippen molar-refractivity contribution in [3.8, 4) is 11.5 Å². The number of rotatable bonds is 10. The van der Waals surface area contributed by atoms with Crippen LogP contribution in [0.3, 0.4) is 0 Å². The van der Waals surface area contributed by atoms with Crippen molar-refractivity contribution in [1.29, 1.82) is 0 Å². The van der Waals surface area contributed by atoms with Gasteiger partial charge in [-0.25, -0.2) is 0 Å². The second kappa shape index (κ2) is 12.8. The largest absolute Gasteiger partial charge is 0.493 e. The maximum atomic E-state index is 6.54. The highest BCUT2D eigenvalue weighted by Gasteiger charge is 2.14. The normalized spacial score (nSPS) is 11.5. The van der Waals surface area contributed by atoms with Crippen LogP contribution in [0.1, 0.15) is 42.5 Å². The third-order valence-electron chi connectivity index (χ3n) is 4.92. The van der Waals surface area contributed by atoms with Crippen molar-refractivity contribution in [1.82, 2.24) is 5.32 Å². The summed E-state index contributed by atoms with van der Waals surface area (Å²) in [6, 6.07) is 22.3. The minimum atomic E-state index is 0. The molecule has 3 nitrogen and oxygen atoms in total. The minimum absolute atomic E-state index is 0. The van der Waals surface area contributed by atoms with E-state index in [0.717, 1.165) is 24.0 Å². The van der Waals surface area contributed by atoms with Crippen molar-refractivity contribution in [2.45, 2.75) is 39.0 Å². The van der Waals surface area contributed by atoms with Crippen LogP contribution in [0.25, 0.3) is 0 Å². The average Bonchev–Trinajstić information content (AvgIpc) is 2.77. The molecule has 0 aliphatic carbocycles. The molecule has 3 aromatic carbocycles. The first-order valence-electron chi connectivity index (χ1n) is 10.1. The summed E-state index contributed by atoms with van der Waals surface area (Å²) in [5.41, 5.74) is 3.35. The number of ether oxygens (including phenoxy) is 2. The second-order valence-electron chi connectivity index (χ2n) is 7.16. The van der Waals surface area contributed by atoms with Crippen molar-refractivity contribution in [3.63, 3.8) is 0 Å². The Morgan fingerprint density at radius 3 is 2.29 bits per heavy atom. The van der Waals surface area contributed by atoms with Gasteiger partial charge in [0.15, 0.2) is 11.5 Å². The molecule has 3 rings (SSSR count). The fraction of sp³-hybridized carbons (Fsp3) is 0.280. The third-order valence-corrected chi connectivity index (χ3v) is 5.45. The van der Waals surface area contributed by atoms with Crippen LogP contribution >= 0.6 is 35.6 Å². The number of nitrogens with one attached hydrogen (secondary N) is 1. The summed E-state index contributed by atoms with van der Waals surface area (Å²) in [6.07, 6.45) is 2.17. The summed E-state index contributed by atoms with van der Waals surface area (Å²) in [7, 11) is 1.63. The van der Waals surface area contributed by atoms with E-state index in [4.69, 9.17) is 32.7 Å². The van der Waals surface area contributed by atoms with Gasteiger partial charge in [0.1, 0.15) is 6.61 Å². The van der Waals surface area contributed by atoms with Gasteiger partial charge in [0.25, 0.3) is 0 Å². The SMILES string of the molecule is CCCC(NCc1cc(Cl)c(OCc2ccc(Cl)cc2)c(OC)c1)c1ccccc1.Cl. The summed E-state index contributed by atoms with van der Waals surface area (Å²) in [4.78, 5) is 0. The van der Waals surface area contributed by atoms with Crippen LogP contribution in [0, 0.1) is 0 Å². The van der Waals surface area contributed by atoms with Crippen molar-refractivity contribution < 1.29 is 9.47 Å². The standard InChI is InChI=1S/C25H27Cl2NO2.ClH/c1-3-7-23(20-8-5-4-6-9-20)28-16-19-14-22(27)25(24(15-19)29-2)30-17-18-10-12-21(26)13-11-18;/h4-6,8-15,23,28H,3,7,16-17H2,1-2H3;1H. The molecule has 0 fully saturated rings. The molecule has 1 unspecified atom stereocenters. The van der Waals surface area contributed by atoms with E-state index >= 15 is 0 Å². The summed E-state index contributed by atoms with van der Waals surface area (Å²) in [5.74, 6) is 1.17. The Morgan fingerprint density at radius 2 is 1.65 bits per heavy atom. The Kier molecular flexibility index (Phi) is 10.5. The van der Waals surface area contributed by atoms with Crippen molar-refractivity contribution >= 4 is 35.6 Å². The Morgan fingerprint density at radius 1 is 0.935 bits per heavy atom. The van der Waals surface area contributed by atoms with Crippen molar-refractivity contribution in [2.24, 2.45) is 0 Å². The van der Waals surface area contributed by atoms with E-state index in [1.165, 1.54) is 5.56 Å². The summed E-state index contributed by atoms with van der Waals surface area (Å²) < 4.78 is 11.5. The number of methoxy groups -OCH3 is 1. The first kappa shape index (κ1) is 25.4. The van der Waals surface area contributed by atoms with Crippen molar-refractivity contribution in [2.75, 3.05) is 7.11 Å². The molecule has 6 heteroatoms. The van der Waals surface area contributed by atoms with Gasteiger partial charge < -0.3 is 14.8 Å². The van der Waals surface area contributed by atoms with E-state index in [2.05, 4.69) is 36.5 Å². The lowest BCUT2D eigenvalue weighted by Gasteiger charge is -2.20. The van der Waals surface area contributed by atoms with E-state index in [1.807, 2.05) is 42.5 Å². The summed E-state index contributed by atoms with van der Waals surface area (Å²) in [5, 5.41) is 4.88. The van der Waals surface area contributed by atoms with E-state index in [1.54, 1.807) is 7.11 Å². The fourth-order valence-electron chi connectivity index (χ4n) is 3.35. The molecule has 0 aliphatic rings. The zero-order chi connectivity index (χ0) is 21.3. The van der Waals surface area contributed by atoms with Gasteiger partial charge in [0.2, 0.25) is 0 Å². The molecule has 0 saturated carbocycles. The molecule has 1 atom stereocenters. The lowest BCUT2D eigenvalue weighted by Crippen LogP contribution is -2.20. The highest BCUT2D eigenvalue weighted by atomic mass is 35.5. The Labute approximate surface area is 201 Å². The van der Waals surface area contributed by atoms with Gasteiger partial charge in [-0.2, -0.15) is 0 Å². The monoisotopic (exact) mass is 479 g/mol. The molecule has 0 radical (unpaired) electrons. The molecule has 0 heterocycles. The topological polar surface area (TPSA) is 30.5 Å². The molecule has 3 aromatic rings.